The van der Waals surface area contributed by atoms with Crippen molar-refractivity contribution in [3.05, 3.63) is 29.3 Å². The van der Waals surface area contributed by atoms with E-state index in [0.29, 0.717) is 12.1 Å². The number of halogens is 3. The maximum atomic E-state index is 12.4. The quantitative estimate of drug-likeness (QED) is 0.709. The number of urea groups is 1. The summed E-state index contributed by atoms with van der Waals surface area (Å²) in [5, 5.41) is 21.0. The molecule has 8 heteroatoms. The number of nitrogens with zero attached hydrogens (tertiary/aromatic N) is 1. The molecular weight excluding hydrogens is 325 g/mol. The summed E-state index contributed by atoms with van der Waals surface area (Å²) in [7, 11) is 0. The standard InChI is InChI=1S/C16H23F3N2O3/c1-3-12-6-4-5-11(2)14(12)20-15(24)21(9-13(23)10-22)8-7-16(17,18)19/h4-6,13,22-23H,3,7-10H2,1-2H3,(H,20,24)/t13-/m0/s1. The molecule has 0 aliphatic rings. The second-order valence-electron chi connectivity index (χ2n) is 5.54. The molecule has 3 N–H and O–H groups in total. The molecule has 0 radical (unpaired) electrons. The van der Waals surface area contributed by atoms with Crippen LogP contribution in [0.3, 0.4) is 0 Å². The molecule has 24 heavy (non-hydrogen) atoms. The third-order valence-electron chi connectivity index (χ3n) is 3.57. The van der Waals surface area contributed by atoms with Gasteiger partial charge < -0.3 is 20.4 Å². The van der Waals surface area contributed by atoms with Gasteiger partial charge >= 0.3 is 12.2 Å². The number of aliphatic hydroxyl groups is 2. The van der Waals surface area contributed by atoms with Crippen LogP contribution in [0.2, 0.25) is 0 Å². The Morgan fingerprint density at radius 3 is 2.58 bits per heavy atom. The van der Waals surface area contributed by atoms with Crippen LogP contribution >= 0.6 is 0 Å². The lowest BCUT2D eigenvalue weighted by molar-refractivity contribution is -0.137. The summed E-state index contributed by atoms with van der Waals surface area (Å²) < 4.78 is 37.3. The number of aliphatic hydroxyl groups excluding tert-OH is 2. The number of anilines is 1. The van der Waals surface area contributed by atoms with Gasteiger partial charge in [-0.3, -0.25) is 0 Å². The van der Waals surface area contributed by atoms with E-state index in [1.807, 2.05) is 19.1 Å². The minimum absolute atomic E-state index is 0.383. The normalized spacial score (nSPS) is 12.8. The molecular formula is C16H23F3N2O3. The summed E-state index contributed by atoms with van der Waals surface area (Å²) in [6.45, 7) is 2.07. The fraction of sp³-hybridized carbons (Fsp3) is 0.562. The zero-order valence-corrected chi connectivity index (χ0v) is 13.7. The minimum atomic E-state index is -4.42. The van der Waals surface area contributed by atoms with Crippen LogP contribution in [0.5, 0.6) is 0 Å². The fourth-order valence-electron chi connectivity index (χ4n) is 2.24. The molecule has 0 aliphatic heterocycles. The zero-order chi connectivity index (χ0) is 18.3. The van der Waals surface area contributed by atoms with Crippen LogP contribution in [0.25, 0.3) is 0 Å². The van der Waals surface area contributed by atoms with Gasteiger partial charge in [-0.25, -0.2) is 4.79 Å². The number of para-hydroxylation sites is 1. The molecule has 1 atom stereocenters. The smallest absolute Gasteiger partial charge is 0.390 e. The highest BCUT2D eigenvalue weighted by atomic mass is 19.4. The number of aryl methyl sites for hydroxylation is 2. The predicted molar refractivity (Wildman–Crippen MR) is 84.9 cm³/mol. The molecule has 0 spiro atoms. The number of benzene rings is 1. The first-order valence-corrected chi connectivity index (χ1v) is 7.68. The highest BCUT2D eigenvalue weighted by Gasteiger charge is 2.30. The first-order valence-electron chi connectivity index (χ1n) is 7.68. The van der Waals surface area contributed by atoms with E-state index in [1.165, 1.54) is 0 Å². The van der Waals surface area contributed by atoms with Crippen molar-refractivity contribution in [2.45, 2.75) is 39.0 Å². The lowest BCUT2D eigenvalue weighted by Gasteiger charge is -2.26. The van der Waals surface area contributed by atoms with Gasteiger partial charge in [0.25, 0.3) is 0 Å². The third-order valence-corrected chi connectivity index (χ3v) is 3.57. The lowest BCUT2D eigenvalue weighted by Crippen LogP contribution is -2.43. The van der Waals surface area contributed by atoms with Crippen LogP contribution in [0.1, 0.15) is 24.5 Å². The molecule has 0 bridgehead atoms. The Bertz CT molecular complexity index is 550. The predicted octanol–water partition coefficient (Wildman–Crippen LogP) is 2.70. The highest BCUT2D eigenvalue weighted by molar-refractivity contribution is 5.91. The number of alkyl halides is 3. The van der Waals surface area contributed by atoms with Crippen molar-refractivity contribution in [3.8, 4) is 0 Å². The van der Waals surface area contributed by atoms with Gasteiger partial charge in [-0.15, -0.1) is 0 Å². The van der Waals surface area contributed by atoms with E-state index < -0.39 is 37.9 Å². The van der Waals surface area contributed by atoms with Crippen LogP contribution in [0.4, 0.5) is 23.7 Å². The van der Waals surface area contributed by atoms with Crippen molar-refractivity contribution in [2.24, 2.45) is 0 Å². The molecule has 0 aromatic heterocycles. The van der Waals surface area contributed by atoms with Crippen LogP contribution in [0.15, 0.2) is 18.2 Å². The Balaban J connectivity index is 2.91. The lowest BCUT2D eigenvalue weighted by atomic mass is 10.1. The Kier molecular flexibility index (Phi) is 7.50. The molecule has 0 unspecified atom stereocenters. The van der Waals surface area contributed by atoms with E-state index in [1.54, 1.807) is 13.0 Å². The molecule has 0 saturated heterocycles. The van der Waals surface area contributed by atoms with E-state index in [-0.39, 0.29) is 6.54 Å². The van der Waals surface area contributed by atoms with Crippen molar-refractivity contribution in [2.75, 3.05) is 25.0 Å². The van der Waals surface area contributed by atoms with Crippen LogP contribution in [-0.2, 0) is 6.42 Å². The molecule has 0 aliphatic carbocycles. The summed E-state index contributed by atoms with van der Waals surface area (Å²) in [6, 6.07) is 4.71. The summed E-state index contributed by atoms with van der Waals surface area (Å²) in [5.74, 6) is 0. The van der Waals surface area contributed by atoms with Crippen LogP contribution in [0, 0.1) is 6.92 Å². The number of carbonyl (C=O) groups is 1. The van der Waals surface area contributed by atoms with E-state index >= 15 is 0 Å². The van der Waals surface area contributed by atoms with Gasteiger partial charge in [-0.05, 0) is 24.5 Å². The van der Waals surface area contributed by atoms with Gasteiger partial charge in [0.1, 0.15) is 0 Å². The third kappa shape index (κ3) is 6.37. The minimum Gasteiger partial charge on any atom is -0.394 e. The van der Waals surface area contributed by atoms with E-state index in [2.05, 4.69) is 5.32 Å². The van der Waals surface area contributed by atoms with Crippen molar-refractivity contribution in [3.63, 3.8) is 0 Å². The summed E-state index contributed by atoms with van der Waals surface area (Å²) in [6.07, 6.45) is -6.25. The fourth-order valence-corrected chi connectivity index (χ4v) is 2.24. The number of hydrogen-bond acceptors (Lipinski definition) is 3. The van der Waals surface area contributed by atoms with Gasteiger partial charge in [-0.2, -0.15) is 13.2 Å². The van der Waals surface area contributed by atoms with Gasteiger partial charge in [-0.1, -0.05) is 25.1 Å². The SMILES string of the molecule is CCc1cccc(C)c1NC(=O)N(CCC(F)(F)F)C[C@H](O)CO. The van der Waals surface area contributed by atoms with Crippen molar-refractivity contribution in [1.82, 2.24) is 4.90 Å². The average molecular weight is 348 g/mol. The molecule has 0 saturated carbocycles. The second-order valence-corrected chi connectivity index (χ2v) is 5.54. The topological polar surface area (TPSA) is 72.8 Å². The number of rotatable bonds is 7. The van der Waals surface area contributed by atoms with Crippen LogP contribution in [-0.4, -0.2) is 53.1 Å². The highest BCUT2D eigenvalue weighted by Crippen LogP contribution is 2.23. The zero-order valence-electron chi connectivity index (χ0n) is 13.7. The number of hydrogen-bond donors (Lipinski definition) is 3. The van der Waals surface area contributed by atoms with Gasteiger partial charge in [0.2, 0.25) is 0 Å². The summed E-state index contributed by atoms with van der Waals surface area (Å²) >= 11 is 0. The Morgan fingerprint density at radius 2 is 2.04 bits per heavy atom. The molecule has 0 fully saturated rings. The number of nitrogens with one attached hydrogen (secondary N) is 1. The molecule has 1 rings (SSSR count). The van der Waals surface area contributed by atoms with Gasteiger partial charge in [0, 0.05) is 12.2 Å². The maximum Gasteiger partial charge on any atom is 0.390 e. The molecule has 2 amide bonds. The monoisotopic (exact) mass is 348 g/mol. The van der Waals surface area contributed by atoms with Crippen molar-refractivity contribution >= 4 is 11.7 Å². The van der Waals surface area contributed by atoms with E-state index in [9.17, 15) is 23.1 Å². The number of amides is 2. The summed E-state index contributed by atoms with van der Waals surface area (Å²) in [5.41, 5.74) is 2.21. The first-order chi connectivity index (χ1) is 11.2. The first kappa shape index (κ1) is 20.2. The van der Waals surface area contributed by atoms with Crippen molar-refractivity contribution in [1.29, 1.82) is 0 Å². The molecule has 5 nitrogen and oxygen atoms in total. The Hall–Kier alpha value is -1.80. The van der Waals surface area contributed by atoms with E-state index in [0.717, 1.165) is 16.0 Å². The maximum absolute atomic E-state index is 12.4. The summed E-state index contributed by atoms with van der Waals surface area (Å²) in [4.78, 5) is 13.2. The number of carbonyl (C=O) groups excluding carboxylic acids is 1. The largest absolute Gasteiger partial charge is 0.394 e. The average Bonchev–Trinajstić information content (AvgIpc) is 2.51. The Labute approximate surface area is 139 Å². The molecule has 0 heterocycles. The molecule has 136 valence electrons. The van der Waals surface area contributed by atoms with Gasteiger partial charge in [0.15, 0.2) is 0 Å². The second kappa shape index (κ2) is 8.89. The van der Waals surface area contributed by atoms with E-state index in [4.69, 9.17) is 5.11 Å². The molecule has 1 aromatic rings. The van der Waals surface area contributed by atoms with Crippen molar-refractivity contribution < 1.29 is 28.2 Å². The van der Waals surface area contributed by atoms with Gasteiger partial charge in [0.05, 0.1) is 25.7 Å². The molecule has 1 aromatic carbocycles. The Morgan fingerprint density at radius 1 is 1.38 bits per heavy atom. The van der Waals surface area contributed by atoms with Crippen LogP contribution < -0.4 is 5.32 Å².